The zero-order valence-corrected chi connectivity index (χ0v) is 8.32. The third kappa shape index (κ3) is 2.45. The van der Waals surface area contributed by atoms with Crippen molar-refractivity contribution in [2.24, 2.45) is 0 Å². The summed E-state index contributed by atoms with van der Waals surface area (Å²) in [5.74, 6) is -0.307. The van der Waals surface area contributed by atoms with Crippen LogP contribution in [0.25, 0.3) is 0 Å². The fraction of sp³-hybridized carbons (Fsp3) is 0.400. The van der Waals surface area contributed by atoms with Gasteiger partial charge in [-0.05, 0) is 13.0 Å². The number of rotatable bonds is 3. The molecule has 0 aromatic carbocycles. The van der Waals surface area contributed by atoms with Gasteiger partial charge < -0.3 is 9.30 Å². The average molecular weight is 195 g/mol. The van der Waals surface area contributed by atoms with Crippen molar-refractivity contribution in [2.45, 2.75) is 19.9 Å². The van der Waals surface area contributed by atoms with Crippen LogP contribution in [0.1, 0.15) is 12.0 Å². The van der Waals surface area contributed by atoms with Crippen LogP contribution >= 0.6 is 0 Å². The second-order valence-electron chi connectivity index (χ2n) is 3.02. The Morgan fingerprint density at radius 3 is 2.93 bits per heavy atom. The Hall–Kier alpha value is -1.58. The van der Waals surface area contributed by atoms with E-state index in [4.69, 9.17) is 0 Å². The van der Waals surface area contributed by atoms with Gasteiger partial charge in [-0.15, -0.1) is 0 Å². The quantitative estimate of drug-likeness (QED) is 0.668. The minimum atomic E-state index is -0.307. The second-order valence-corrected chi connectivity index (χ2v) is 3.02. The van der Waals surface area contributed by atoms with Gasteiger partial charge in [0.05, 0.1) is 13.5 Å². The van der Waals surface area contributed by atoms with Gasteiger partial charge in [-0.25, -0.2) is 0 Å². The molecular formula is C10H13NO3. The van der Waals surface area contributed by atoms with E-state index in [-0.39, 0.29) is 17.9 Å². The molecule has 0 N–H and O–H groups in total. The lowest BCUT2D eigenvalue weighted by Crippen LogP contribution is -2.22. The smallest absolute Gasteiger partial charge is 0.307 e. The van der Waals surface area contributed by atoms with E-state index in [1.165, 1.54) is 11.7 Å². The number of esters is 1. The van der Waals surface area contributed by atoms with Crippen molar-refractivity contribution in [1.29, 1.82) is 0 Å². The molecule has 0 aliphatic carbocycles. The molecule has 4 nitrogen and oxygen atoms in total. The first-order valence-electron chi connectivity index (χ1n) is 4.38. The number of carbonyl (C=O) groups is 1. The zero-order valence-electron chi connectivity index (χ0n) is 8.32. The first-order valence-corrected chi connectivity index (χ1v) is 4.38. The maximum absolute atomic E-state index is 11.5. The Labute approximate surface area is 82.1 Å². The molecule has 0 amide bonds. The summed E-state index contributed by atoms with van der Waals surface area (Å²) >= 11 is 0. The van der Waals surface area contributed by atoms with E-state index in [2.05, 4.69) is 4.74 Å². The highest BCUT2D eigenvalue weighted by atomic mass is 16.5. The Morgan fingerprint density at radius 2 is 2.29 bits per heavy atom. The maximum Gasteiger partial charge on any atom is 0.307 e. The first kappa shape index (κ1) is 10.5. The van der Waals surface area contributed by atoms with Crippen LogP contribution in [0.4, 0.5) is 0 Å². The second kappa shape index (κ2) is 4.60. The molecule has 1 rings (SSSR count). The number of hydrogen-bond acceptors (Lipinski definition) is 3. The number of pyridine rings is 1. The SMILES string of the molecule is COC(=O)CCn1cccc(C)c1=O. The van der Waals surface area contributed by atoms with Gasteiger partial charge in [-0.3, -0.25) is 9.59 Å². The summed E-state index contributed by atoms with van der Waals surface area (Å²) in [6, 6.07) is 3.53. The summed E-state index contributed by atoms with van der Waals surface area (Å²) in [6.07, 6.45) is 1.89. The third-order valence-corrected chi connectivity index (χ3v) is 1.99. The molecule has 0 fully saturated rings. The number of aryl methyl sites for hydroxylation is 2. The first-order chi connectivity index (χ1) is 6.65. The highest BCUT2D eigenvalue weighted by Gasteiger charge is 2.02. The molecule has 1 heterocycles. The van der Waals surface area contributed by atoms with Crippen molar-refractivity contribution < 1.29 is 9.53 Å². The Morgan fingerprint density at radius 1 is 1.57 bits per heavy atom. The van der Waals surface area contributed by atoms with E-state index in [0.717, 1.165) is 0 Å². The van der Waals surface area contributed by atoms with Gasteiger partial charge in [-0.1, -0.05) is 6.07 Å². The molecule has 1 aromatic rings. The Bertz CT molecular complexity index is 381. The van der Waals surface area contributed by atoms with E-state index in [9.17, 15) is 9.59 Å². The highest BCUT2D eigenvalue weighted by Crippen LogP contribution is 1.92. The summed E-state index contributed by atoms with van der Waals surface area (Å²) in [4.78, 5) is 22.3. The lowest BCUT2D eigenvalue weighted by molar-refractivity contribution is -0.140. The predicted molar refractivity (Wildman–Crippen MR) is 52.1 cm³/mol. The van der Waals surface area contributed by atoms with Gasteiger partial charge in [-0.2, -0.15) is 0 Å². The van der Waals surface area contributed by atoms with Gasteiger partial charge in [0.25, 0.3) is 5.56 Å². The van der Waals surface area contributed by atoms with Crippen molar-refractivity contribution >= 4 is 5.97 Å². The van der Waals surface area contributed by atoms with Gasteiger partial charge in [0.1, 0.15) is 0 Å². The molecule has 4 heteroatoms. The van der Waals surface area contributed by atoms with E-state index in [1.54, 1.807) is 25.3 Å². The molecule has 0 radical (unpaired) electrons. The molecular weight excluding hydrogens is 182 g/mol. The van der Waals surface area contributed by atoms with E-state index in [1.807, 2.05) is 0 Å². The summed E-state index contributed by atoms with van der Waals surface area (Å²) in [5.41, 5.74) is 0.619. The van der Waals surface area contributed by atoms with Crippen LogP contribution in [0.15, 0.2) is 23.1 Å². The van der Waals surface area contributed by atoms with Crippen LogP contribution in [0.3, 0.4) is 0 Å². The molecule has 0 aliphatic rings. The zero-order chi connectivity index (χ0) is 10.6. The molecule has 14 heavy (non-hydrogen) atoms. The fourth-order valence-corrected chi connectivity index (χ4v) is 1.15. The van der Waals surface area contributed by atoms with Gasteiger partial charge >= 0.3 is 5.97 Å². The number of aromatic nitrogens is 1. The number of hydrogen-bond donors (Lipinski definition) is 0. The normalized spacial score (nSPS) is 9.86. The monoisotopic (exact) mass is 195 g/mol. The standard InChI is InChI=1S/C10H13NO3/c1-8-4-3-6-11(10(8)13)7-5-9(12)14-2/h3-4,6H,5,7H2,1-2H3. The Balaban J connectivity index is 2.73. The summed E-state index contributed by atoms with van der Waals surface area (Å²) in [6.45, 7) is 2.12. The fourth-order valence-electron chi connectivity index (χ4n) is 1.15. The molecule has 1 aromatic heterocycles. The molecule has 0 bridgehead atoms. The van der Waals surface area contributed by atoms with Crippen molar-refractivity contribution in [3.8, 4) is 0 Å². The molecule has 0 saturated heterocycles. The molecule has 0 atom stereocenters. The third-order valence-electron chi connectivity index (χ3n) is 1.99. The summed E-state index contributed by atoms with van der Waals surface area (Å²) < 4.78 is 5.99. The van der Waals surface area contributed by atoms with Gasteiger partial charge in [0.2, 0.25) is 0 Å². The summed E-state index contributed by atoms with van der Waals surface area (Å²) in [5, 5.41) is 0. The topological polar surface area (TPSA) is 48.3 Å². The number of carbonyl (C=O) groups excluding carboxylic acids is 1. The van der Waals surface area contributed by atoms with Crippen LogP contribution in [-0.4, -0.2) is 17.6 Å². The van der Waals surface area contributed by atoms with Crippen LogP contribution in [0.5, 0.6) is 0 Å². The number of methoxy groups -OCH3 is 1. The van der Waals surface area contributed by atoms with Crippen LogP contribution in [-0.2, 0) is 16.1 Å². The van der Waals surface area contributed by atoms with Crippen molar-refractivity contribution in [1.82, 2.24) is 4.57 Å². The molecule has 0 unspecified atom stereocenters. The van der Waals surface area contributed by atoms with E-state index < -0.39 is 0 Å². The van der Waals surface area contributed by atoms with Crippen LogP contribution in [0.2, 0.25) is 0 Å². The Kier molecular flexibility index (Phi) is 3.45. The minimum Gasteiger partial charge on any atom is -0.469 e. The van der Waals surface area contributed by atoms with Gasteiger partial charge in [0.15, 0.2) is 0 Å². The lowest BCUT2D eigenvalue weighted by atomic mass is 10.3. The van der Waals surface area contributed by atoms with E-state index in [0.29, 0.717) is 12.1 Å². The maximum atomic E-state index is 11.5. The van der Waals surface area contributed by atoms with Crippen LogP contribution in [0, 0.1) is 6.92 Å². The molecule has 0 spiro atoms. The number of nitrogens with zero attached hydrogens (tertiary/aromatic N) is 1. The van der Waals surface area contributed by atoms with Gasteiger partial charge in [0, 0.05) is 18.3 Å². The van der Waals surface area contributed by atoms with E-state index >= 15 is 0 Å². The average Bonchev–Trinajstić information content (AvgIpc) is 2.20. The van der Waals surface area contributed by atoms with Crippen molar-refractivity contribution in [3.63, 3.8) is 0 Å². The minimum absolute atomic E-state index is 0.0589. The lowest BCUT2D eigenvalue weighted by Gasteiger charge is -2.04. The number of ether oxygens (including phenoxy) is 1. The molecule has 76 valence electrons. The van der Waals surface area contributed by atoms with Crippen LogP contribution < -0.4 is 5.56 Å². The highest BCUT2D eigenvalue weighted by molar-refractivity contribution is 5.68. The van der Waals surface area contributed by atoms with Crippen molar-refractivity contribution in [3.05, 3.63) is 34.2 Å². The summed E-state index contributed by atoms with van der Waals surface area (Å²) in [7, 11) is 1.33. The predicted octanol–water partition coefficient (Wildman–Crippen LogP) is 0.720. The molecule has 0 aliphatic heterocycles. The van der Waals surface area contributed by atoms with Crippen molar-refractivity contribution in [2.75, 3.05) is 7.11 Å². The largest absolute Gasteiger partial charge is 0.469 e. The molecule has 0 saturated carbocycles.